The maximum atomic E-state index is 8.20. The summed E-state index contributed by atoms with van der Waals surface area (Å²) in [6.45, 7) is 0.502. The number of hydrogen-bond acceptors (Lipinski definition) is 3. The van der Waals surface area contributed by atoms with Gasteiger partial charge in [-0.15, -0.1) is 6.42 Å². The molecule has 0 aromatic heterocycles. The summed E-state index contributed by atoms with van der Waals surface area (Å²) in [4.78, 5) is 0. The number of rotatable bonds is 3. The molecule has 0 aliphatic heterocycles. The van der Waals surface area contributed by atoms with Crippen molar-refractivity contribution in [2.24, 2.45) is 0 Å². The topological polar surface area (TPSA) is 52.5 Å². The van der Waals surface area contributed by atoms with Crippen molar-refractivity contribution in [3.63, 3.8) is 0 Å². The predicted molar refractivity (Wildman–Crippen MR) is 29.9 cm³/mol. The van der Waals surface area contributed by atoms with Crippen LogP contribution in [0.5, 0.6) is 0 Å². The fourth-order valence-electron chi connectivity index (χ4n) is 0.273. The highest BCUT2D eigenvalue weighted by molar-refractivity contribution is 4.86. The molecule has 0 atom stereocenters. The molecule has 0 amide bonds. The van der Waals surface area contributed by atoms with Crippen LogP contribution in [-0.2, 0) is 0 Å². The van der Waals surface area contributed by atoms with Gasteiger partial charge in [0.25, 0.3) is 0 Å². The van der Waals surface area contributed by atoms with Crippen LogP contribution in [0.25, 0.3) is 0 Å². The highest BCUT2D eigenvalue weighted by atomic mass is 16.5. The minimum absolute atomic E-state index is 0.129. The quantitative estimate of drug-likeness (QED) is 0.239. The van der Waals surface area contributed by atoms with Gasteiger partial charge in [0.15, 0.2) is 6.29 Å². The van der Waals surface area contributed by atoms with Crippen LogP contribution in [0, 0.1) is 12.3 Å². The van der Waals surface area contributed by atoms with Gasteiger partial charge in [0, 0.05) is 6.54 Å². The molecule has 0 aromatic carbocycles. The average Bonchev–Trinajstić information content (AvgIpc) is 1.66. The van der Waals surface area contributed by atoms with Gasteiger partial charge in [-0.05, 0) is 0 Å². The summed E-state index contributed by atoms with van der Waals surface area (Å²) in [5, 5.41) is 19.0. The molecule has 0 aliphatic carbocycles. The zero-order valence-electron chi connectivity index (χ0n) is 4.46. The summed E-state index contributed by atoms with van der Waals surface area (Å²) >= 11 is 0. The summed E-state index contributed by atoms with van der Waals surface area (Å²) in [6, 6.07) is 0. The van der Waals surface area contributed by atoms with Crippen molar-refractivity contribution >= 4 is 0 Å². The maximum absolute atomic E-state index is 8.20. The second-order valence-corrected chi connectivity index (χ2v) is 1.32. The Hall–Kier alpha value is -0.560. The molecular weight excluding hydrogens is 106 g/mol. The van der Waals surface area contributed by atoms with E-state index >= 15 is 0 Å². The Labute approximate surface area is 48.3 Å². The van der Waals surface area contributed by atoms with Crippen LogP contribution in [0.2, 0.25) is 0 Å². The van der Waals surface area contributed by atoms with Gasteiger partial charge in [-0.3, -0.25) is 0 Å². The number of nitrogens with one attached hydrogen (secondary N) is 1. The molecule has 3 heteroatoms. The monoisotopic (exact) mass is 115 g/mol. The van der Waals surface area contributed by atoms with E-state index in [-0.39, 0.29) is 6.54 Å². The van der Waals surface area contributed by atoms with Gasteiger partial charge in [0.1, 0.15) is 0 Å². The molecule has 0 radical (unpaired) electrons. The summed E-state index contributed by atoms with van der Waals surface area (Å²) in [6.07, 6.45) is 3.54. The van der Waals surface area contributed by atoms with Gasteiger partial charge in [0.05, 0.1) is 6.54 Å². The lowest BCUT2D eigenvalue weighted by atomic mass is 10.6. The van der Waals surface area contributed by atoms with Crippen molar-refractivity contribution < 1.29 is 10.2 Å². The minimum Gasteiger partial charge on any atom is -0.367 e. The molecule has 0 aromatic rings. The highest BCUT2D eigenvalue weighted by Gasteiger charge is 1.91. The van der Waals surface area contributed by atoms with Gasteiger partial charge < -0.3 is 15.5 Å². The van der Waals surface area contributed by atoms with E-state index < -0.39 is 6.29 Å². The Morgan fingerprint density at radius 1 is 1.62 bits per heavy atom. The second-order valence-electron chi connectivity index (χ2n) is 1.32. The molecule has 0 heterocycles. The normalized spacial score (nSPS) is 9.25. The molecule has 3 nitrogen and oxygen atoms in total. The van der Waals surface area contributed by atoms with Crippen molar-refractivity contribution in [2.75, 3.05) is 13.1 Å². The van der Waals surface area contributed by atoms with Crippen molar-refractivity contribution in [3.05, 3.63) is 0 Å². The van der Waals surface area contributed by atoms with Gasteiger partial charge in [-0.25, -0.2) is 0 Å². The summed E-state index contributed by atoms with van der Waals surface area (Å²) in [5.41, 5.74) is 0. The summed E-state index contributed by atoms with van der Waals surface area (Å²) < 4.78 is 0. The zero-order chi connectivity index (χ0) is 6.41. The van der Waals surface area contributed by atoms with Crippen LogP contribution < -0.4 is 5.32 Å². The standard InChI is InChI=1S/C5H9NO2/c1-2-3-6-4-5(7)8/h1,5-8H,3-4H2. The molecular formula is C5H9NO2. The van der Waals surface area contributed by atoms with E-state index in [4.69, 9.17) is 16.6 Å². The van der Waals surface area contributed by atoms with E-state index in [2.05, 4.69) is 11.2 Å². The van der Waals surface area contributed by atoms with Crippen molar-refractivity contribution in [1.29, 1.82) is 0 Å². The molecule has 46 valence electrons. The molecule has 8 heavy (non-hydrogen) atoms. The van der Waals surface area contributed by atoms with Crippen LogP contribution in [0.15, 0.2) is 0 Å². The summed E-state index contributed by atoms with van der Waals surface area (Å²) in [7, 11) is 0. The predicted octanol–water partition coefficient (Wildman–Crippen LogP) is -1.48. The lowest BCUT2D eigenvalue weighted by Crippen LogP contribution is -2.26. The van der Waals surface area contributed by atoms with Crippen molar-refractivity contribution in [1.82, 2.24) is 5.32 Å². The zero-order valence-corrected chi connectivity index (χ0v) is 4.46. The molecule has 3 N–H and O–H groups in total. The van der Waals surface area contributed by atoms with Crippen LogP contribution in [0.4, 0.5) is 0 Å². The first-order chi connectivity index (χ1) is 3.77. The SMILES string of the molecule is C#CCNCC(O)O. The van der Waals surface area contributed by atoms with E-state index in [1.54, 1.807) is 0 Å². The number of hydrogen-bond donors (Lipinski definition) is 3. The number of terminal acetylenes is 1. The Morgan fingerprint density at radius 3 is 2.62 bits per heavy atom. The molecule has 0 saturated carbocycles. The molecule has 0 saturated heterocycles. The first kappa shape index (κ1) is 7.44. The molecule has 0 fully saturated rings. The Morgan fingerprint density at radius 2 is 2.25 bits per heavy atom. The third-order valence-corrected chi connectivity index (χ3v) is 0.554. The molecule has 0 spiro atoms. The highest BCUT2D eigenvalue weighted by Crippen LogP contribution is 1.66. The average molecular weight is 115 g/mol. The van der Waals surface area contributed by atoms with E-state index in [9.17, 15) is 0 Å². The van der Waals surface area contributed by atoms with E-state index in [0.717, 1.165) is 0 Å². The van der Waals surface area contributed by atoms with Crippen molar-refractivity contribution in [3.8, 4) is 12.3 Å². The molecule has 0 bridgehead atoms. The van der Waals surface area contributed by atoms with Gasteiger partial charge in [-0.1, -0.05) is 5.92 Å². The van der Waals surface area contributed by atoms with Gasteiger partial charge in [-0.2, -0.15) is 0 Å². The lowest BCUT2D eigenvalue weighted by molar-refractivity contribution is -0.0364. The Kier molecular flexibility index (Phi) is 4.27. The molecule has 0 rings (SSSR count). The third kappa shape index (κ3) is 5.44. The maximum Gasteiger partial charge on any atom is 0.164 e. The molecule has 0 unspecified atom stereocenters. The van der Waals surface area contributed by atoms with Crippen LogP contribution in [0.3, 0.4) is 0 Å². The second kappa shape index (κ2) is 4.60. The number of aliphatic hydroxyl groups excluding tert-OH is 1. The van der Waals surface area contributed by atoms with Gasteiger partial charge in [0.2, 0.25) is 0 Å². The smallest absolute Gasteiger partial charge is 0.164 e. The third-order valence-electron chi connectivity index (χ3n) is 0.554. The fourth-order valence-corrected chi connectivity index (χ4v) is 0.273. The van der Waals surface area contributed by atoms with Gasteiger partial charge >= 0.3 is 0 Å². The largest absolute Gasteiger partial charge is 0.367 e. The summed E-state index contributed by atoms with van der Waals surface area (Å²) in [5.74, 6) is 2.29. The lowest BCUT2D eigenvalue weighted by Gasteiger charge is -2.00. The van der Waals surface area contributed by atoms with Crippen LogP contribution in [0.1, 0.15) is 0 Å². The molecule has 0 aliphatic rings. The Balaban J connectivity index is 2.85. The number of aliphatic hydroxyl groups is 2. The van der Waals surface area contributed by atoms with E-state index in [1.807, 2.05) is 0 Å². The van der Waals surface area contributed by atoms with Crippen molar-refractivity contribution in [2.45, 2.75) is 6.29 Å². The van der Waals surface area contributed by atoms with E-state index in [1.165, 1.54) is 0 Å². The Bertz CT molecular complexity index is 84.9. The minimum atomic E-state index is -1.30. The first-order valence-corrected chi connectivity index (χ1v) is 2.27. The first-order valence-electron chi connectivity index (χ1n) is 2.27. The van der Waals surface area contributed by atoms with E-state index in [0.29, 0.717) is 6.54 Å². The van der Waals surface area contributed by atoms with Crippen LogP contribution in [-0.4, -0.2) is 29.6 Å². The fraction of sp³-hybridized carbons (Fsp3) is 0.600. The van der Waals surface area contributed by atoms with Crippen LogP contribution >= 0.6 is 0 Å².